The zero-order chi connectivity index (χ0) is 16.8. The maximum Gasteiger partial charge on any atom is 0.239 e. The normalized spacial score (nSPS) is 11.4. The lowest BCUT2D eigenvalue weighted by Crippen LogP contribution is -2.45. The summed E-state index contributed by atoms with van der Waals surface area (Å²) in [6.45, 7) is 6.72. The Morgan fingerprint density at radius 3 is 2.23 bits per heavy atom. The van der Waals surface area contributed by atoms with Crippen LogP contribution >= 0.6 is 0 Å². The molecule has 122 valence electrons. The molecule has 0 aromatic heterocycles. The van der Waals surface area contributed by atoms with Crippen LogP contribution in [-0.4, -0.2) is 43.9 Å². The van der Waals surface area contributed by atoms with Crippen LogP contribution in [0.1, 0.15) is 25.8 Å². The molecule has 0 heterocycles. The highest BCUT2D eigenvalue weighted by Crippen LogP contribution is 2.19. The van der Waals surface area contributed by atoms with Crippen molar-refractivity contribution >= 4 is 17.5 Å². The Morgan fingerprint density at radius 2 is 1.68 bits per heavy atom. The van der Waals surface area contributed by atoms with E-state index >= 15 is 0 Å². The number of hydrogen-bond donors (Lipinski definition) is 2. The average Bonchev–Trinajstić information content (AvgIpc) is 2.45. The lowest BCUT2D eigenvalue weighted by atomic mass is 9.91. The average molecular weight is 305 g/mol. The van der Waals surface area contributed by atoms with Gasteiger partial charge in [-0.05, 0) is 60.0 Å². The van der Waals surface area contributed by atoms with Crippen LogP contribution in [0.5, 0.6) is 0 Å². The molecule has 2 N–H and O–H groups in total. The SMILES string of the molecule is Cc1ccc(NC(=O)C(C)(C)C(=O)NCCCN(C)C)cc1. The van der Waals surface area contributed by atoms with Gasteiger partial charge in [-0.15, -0.1) is 0 Å². The quantitative estimate of drug-likeness (QED) is 0.598. The number of aryl methyl sites for hydroxylation is 1. The second kappa shape index (κ2) is 7.94. The topological polar surface area (TPSA) is 61.4 Å². The second-order valence-corrected chi connectivity index (χ2v) is 6.36. The summed E-state index contributed by atoms with van der Waals surface area (Å²) in [6.07, 6.45) is 0.856. The molecule has 0 radical (unpaired) electrons. The van der Waals surface area contributed by atoms with Crippen LogP contribution in [0, 0.1) is 12.3 Å². The van der Waals surface area contributed by atoms with Gasteiger partial charge in [0, 0.05) is 12.2 Å². The number of benzene rings is 1. The second-order valence-electron chi connectivity index (χ2n) is 6.36. The van der Waals surface area contributed by atoms with Crippen molar-refractivity contribution in [3.8, 4) is 0 Å². The first kappa shape index (κ1) is 18.2. The molecule has 0 saturated carbocycles. The molecule has 0 aliphatic rings. The minimum atomic E-state index is -1.11. The van der Waals surface area contributed by atoms with Crippen molar-refractivity contribution < 1.29 is 9.59 Å². The summed E-state index contributed by atoms with van der Waals surface area (Å²) in [6, 6.07) is 7.50. The molecule has 0 unspecified atom stereocenters. The van der Waals surface area contributed by atoms with E-state index in [4.69, 9.17) is 0 Å². The Hall–Kier alpha value is -1.88. The van der Waals surface area contributed by atoms with Crippen LogP contribution in [0.25, 0.3) is 0 Å². The minimum absolute atomic E-state index is 0.254. The van der Waals surface area contributed by atoms with Gasteiger partial charge < -0.3 is 15.5 Å². The van der Waals surface area contributed by atoms with Gasteiger partial charge in [0.25, 0.3) is 0 Å². The van der Waals surface area contributed by atoms with Crippen molar-refractivity contribution in [1.29, 1.82) is 0 Å². The third-order valence-electron chi connectivity index (χ3n) is 3.51. The molecule has 0 spiro atoms. The number of anilines is 1. The van der Waals surface area contributed by atoms with E-state index in [0.29, 0.717) is 12.2 Å². The van der Waals surface area contributed by atoms with E-state index in [1.165, 1.54) is 0 Å². The largest absolute Gasteiger partial charge is 0.355 e. The first-order chi connectivity index (χ1) is 10.2. The third-order valence-corrected chi connectivity index (χ3v) is 3.51. The summed E-state index contributed by atoms with van der Waals surface area (Å²) in [5.74, 6) is -0.558. The van der Waals surface area contributed by atoms with Crippen LogP contribution < -0.4 is 10.6 Å². The van der Waals surface area contributed by atoms with Crippen molar-refractivity contribution in [2.75, 3.05) is 32.5 Å². The molecular weight excluding hydrogens is 278 g/mol. The molecule has 0 saturated heterocycles. The van der Waals surface area contributed by atoms with Gasteiger partial charge in [0.05, 0.1) is 0 Å². The van der Waals surface area contributed by atoms with Crippen LogP contribution in [0.2, 0.25) is 0 Å². The van der Waals surface area contributed by atoms with Gasteiger partial charge in [-0.1, -0.05) is 17.7 Å². The molecule has 1 rings (SSSR count). The molecule has 0 bridgehead atoms. The summed E-state index contributed by atoms with van der Waals surface area (Å²) in [5, 5.41) is 5.62. The van der Waals surface area contributed by atoms with Gasteiger partial charge in [0.2, 0.25) is 11.8 Å². The van der Waals surface area contributed by atoms with Gasteiger partial charge in [-0.3, -0.25) is 9.59 Å². The summed E-state index contributed by atoms with van der Waals surface area (Å²) < 4.78 is 0. The minimum Gasteiger partial charge on any atom is -0.355 e. The fourth-order valence-corrected chi connectivity index (χ4v) is 1.85. The van der Waals surface area contributed by atoms with E-state index in [-0.39, 0.29) is 11.8 Å². The van der Waals surface area contributed by atoms with Gasteiger partial charge in [0.1, 0.15) is 5.41 Å². The number of nitrogens with one attached hydrogen (secondary N) is 2. The Kier molecular flexibility index (Phi) is 6.56. The van der Waals surface area contributed by atoms with Gasteiger partial charge in [-0.2, -0.15) is 0 Å². The molecule has 22 heavy (non-hydrogen) atoms. The molecule has 2 amide bonds. The molecular formula is C17H27N3O2. The zero-order valence-corrected chi connectivity index (χ0v) is 14.2. The molecule has 0 aliphatic heterocycles. The van der Waals surface area contributed by atoms with Crippen LogP contribution in [0.15, 0.2) is 24.3 Å². The Balaban J connectivity index is 2.54. The van der Waals surface area contributed by atoms with Gasteiger partial charge in [-0.25, -0.2) is 0 Å². The van der Waals surface area contributed by atoms with E-state index in [1.807, 2.05) is 45.3 Å². The highest BCUT2D eigenvalue weighted by molar-refractivity contribution is 6.09. The number of carbonyl (C=O) groups is 2. The van der Waals surface area contributed by atoms with E-state index in [2.05, 4.69) is 15.5 Å². The van der Waals surface area contributed by atoms with E-state index in [9.17, 15) is 9.59 Å². The van der Waals surface area contributed by atoms with E-state index in [0.717, 1.165) is 18.5 Å². The molecule has 1 aromatic rings. The fourth-order valence-electron chi connectivity index (χ4n) is 1.85. The third kappa shape index (κ3) is 5.48. The monoisotopic (exact) mass is 305 g/mol. The zero-order valence-electron chi connectivity index (χ0n) is 14.2. The highest BCUT2D eigenvalue weighted by Gasteiger charge is 2.35. The maximum absolute atomic E-state index is 12.3. The summed E-state index contributed by atoms with van der Waals surface area (Å²) in [5.41, 5.74) is 0.711. The van der Waals surface area contributed by atoms with Gasteiger partial charge in [0.15, 0.2) is 0 Å². The van der Waals surface area contributed by atoms with E-state index < -0.39 is 5.41 Å². The van der Waals surface area contributed by atoms with Crippen LogP contribution in [0.4, 0.5) is 5.69 Å². The summed E-state index contributed by atoms with van der Waals surface area (Å²) in [4.78, 5) is 26.6. The van der Waals surface area contributed by atoms with Crippen molar-refractivity contribution in [2.24, 2.45) is 5.41 Å². The van der Waals surface area contributed by atoms with E-state index in [1.54, 1.807) is 13.8 Å². The smallest absolute Gasteiger partial charge is 0.239 e. The standard InChI is InChI=1S/C17H27N3O2/c1-13-7-9-14(10-8-13)19-16(22)17(2,3)15(21)18-11-6-12-20(4)5/h7-10H,6,11-12H2,1-5H3,(H,18,21)(H,19,22). The number of carbonyl (C=O) groups excluding carboxylic acids is 2. The number of amides is 2. The number of hydrogen-bond acceptors (Lipinski definition) is 3. The predicted octanol–water partition coefficient (Wildman–Crippen LogP) is 2.03. The molecule has 1 aromatic carbocycles. The molecule has 5 heteroatoms. The van der Waals surface area contributed by atoms with Crippen molar-refractivity contribution in [1.82, 2.24) is 10.2 Å². The number of rotatable bonds is 7. The molecule has 0 aliphatic carbocycles. The Morgan fingerprint density at radius 1 is 1.09 bits per heavy atom. The first-order valence-electron chi connectivity index (χ1n) is 7.54. The molecule has 0 atom stereocenters. The lowest BCUT2D eigenvalue weighted by Gasteiger charge is -2.23. The summed E-state index contributed by atoms with van der Waals surface area (Å²) in [7, 11) is 3.97. The molecule has 0 fully saturated rings. The predicted molar refractivity (Wildman–Crippen MR) is 89.8 cm³/mol. The van der Waals surface area contributed by atoms with Crippen molar-refractivity contribution in [3.63, 3.8) is 0 Å². The highest BCUT2D eigenvalue weighted by atomic mass is 16.2. The lowest BCUT2D eigenvalue weighted by molar-refractivity contribution is -0.138. The van der Waals surface area contributed by atoms with Crippen LogP contribution in [0.3, 0.4) is 0 Å². The summed E-state index contributed by atoms with van der Waals surface area (Å²) >= 11 is 0. The van der Waals surface area contributed by atoms with Crippen LogP contribution in [-0.2, 0) is 9.59 Å². The van der Waals surface area contributed by atoms with Crippen molar-refractivity contribution in [3.05, 3.63) is 29.8 Å². The Bertz CT molecular complexity index is 507. The number of nitrogens with zero attached hydrogens (tertiary/aromatic N) is 1. The fraction of sp³-hybridized carbons (Fsp3) is 0.529. The molecule has 5 nitrogen and oxygen atoms in total. The van der Waals surface area contributed by atoms with Crippen molar-refractivity contribution in [2.45, 2.75) is 27.2 Å². The van der Waals surface area contributed by atoms with Gasteiger partial charge >= 0.3 is 0 Å². The first-order valence-corrected chi connectivity index (χ1v) is 7.54. The Labute approximate surface area is 133 Å². The maximum atomic E-state index is 12.3.